The molecule has 0 aliphatic heterocycles. The van der Waals surface area contributed by atoms with E-state index >= 15 is 0 Å². The molecule has 216 valence electrons. The molecule has 9 heteroatoms. The van der Waals surface area contributed by atoms with Gasteiger partial charge >= 0.3 is 0 Å². The van der Waals surface area contributed by atoms with Gasteiger partial charge in [-0.2, -0.15) is 0 Å². The van der Waals surface area contributed by atoms with Crippen LogP contribution in [-0.4, -0.2) is 36.8 Å². The van der Waals surface area contributed by atoms with Crippen molar-refractivity contribution in [3.8, 4) is 34.1 Å². The number of carbonyl (C=O) groups excluding carboxylic acids is 2. The molecule has 0 radical (unpaired) electrons. The third-order valence-corrected chi connectivity index (χ3v) is 8.12. The minimum Gasteiger partial charge on any atom is -0.507 e. The van der Waals surface area contributed by atoms with Crippen LogP contribution in [0.3, 0.4) is 0 Å². The highest BCUT2D eigenvalue weighted by molar-refractivity contribution is 5.87. The van der Waals surface area contributed by atoms with Gasteiger partial charge in [0.05, 0.1) is 22.7 Å². The number of aryl methyl sites for hydroxylation is 1. The fourth-order valence-electron chi connectivity index (χ4n) is 5.89. The number of benzene rings is 3. The topological polar surface area (TPSA) is 136 Å². The molecular weight excluding hydrogens is 552 g/mol. The maximum atomic E-state index is 13.3. The number of amides is 1. The first-order chi connectivity index (χ1) is 21.5. The van der Waals surface area contributed by atoms with E-state index in [2.05, 4.69) is 16.4 Å². The predicted molar refractivity (Wildman–Crippen MR) is 168 cm³/mol. The van der Waals surface area contributed by atoms with Gasteiger partial charge in [0.1, 0.15) is 17.1 Å². The number of nitrogen functional groups attached to an aromatic ring is 1. The fraction of sp³-hybridized carbons (Fsp3) is 0.114. The van der Waals surface area contributed by atoms with E-state index in [9.17, 15) is 14.7 Å². The quantitative estimate of drug-likeness (QED) is 0.209. The number of rotatable bonds is 7. The SMILES string of the molecule is Nc1ncccc1-c1nc2ccc(-c3ccccc3)nc2n1-c1ccc2c(c1)CCC2C(=O)NCc1ccc(C=O)c(O)c1. The van der Waals surface area contributed by atoms with Crippen LogP contribution in [0.5, 0.6) is 5.75 Å². The first-order valence-electron chi connectivity index (χ1n) is 14.3. The third-order valence-electron chi connectivity index (χ3n) is 8.12. The van der Waals surface area contributed by atoms with Crippen LogP contribution in [0.1, 0.15) is 39.4 Å². The molecule has 1 aliphatic rings. The number of phenolic OH excluding ortho intramolecular Hbond substituents is 1. The number of nitrogens with zero attached hydrogens (tertiary/aromatic N) is 4. The normalized spacial score (nSPS) is 14.0. The van der Waals surface area contributed by atoms with Gasteiger partial charge in [-0.25, -0.2) is 15.0 Å². The van der Waals surface area contributed by atoms with E-state index in [-0.39, 0.29) is 29.7 Å². The molecule has 1 aliphatic carbocycles. The molecule has 1 unspecified atom stereocenters. The molecule has 44 heavy (non-hydrogen) atoms. The van der Waals surface area contributed by atoms with Crippen LogP contribution in [0.4, 0.5) is 5.82 Å². The van der Waals surface area contributed by atoms with Gasteiger partial charge in [-0.3, -0.25) is 14.2 Å². The van der Waals surface area contributed by atoms with Crippen LogP contribution < -0.4 is 11.1 Å². The Kier molecular flexibility index (Phi) is 6.82. The molecule has 0 saturated heterocycles. The summed E-state index contributed by atoms with van der Waals surface area (Å²) in [7, 11) is 0. The summed E-state index contributed by atoms with van der Waals surface area (Å²) in [5.41, 5.74) is 14.1. The molecular formula is C35H28N6O3. The van der Waals surface area contributed by atoms with Gasteiger partial charge in [0.15, 0.2) is 17.8 Å². The number of pyridine rings is 2. The molecule has 9 nitrogen and oxygen atoms in total. The number of imidazole rings is 1. The summed E-state index contributed by atoms with van der Waals surface area (Å²) in [6, 6.07) is 28.5. The minimum absolute atomic E-state index is 0.0819. The summed E-state index contributed by atoms with van der Waals surface area (Å²) in [5.74, 6) is 0.535. The Morgan fingerprint density at radius 3 is 2.66 bits per heavy atom. The van der Waals surface area contributed by atoms with Crippen LogP contribution in [0.15, 0.2) is 97.2 Å². The average Bonchev–Trinajstić information content (AvgIpc) is 3.65. The summed E-state index contributed by atoms with van der Waals surface area (Å²) in [4.78, 5) is 38.5. The van der Waals surface area contributed by atoms with E-state index in [1.165, 1.54) is 6.07 Å². The Labute approximate surface area is 253 Å². The van der Waals surface area contributed by atoms with Crippen LogP contribution in [0.2, 0.25) is 0 Å². The van der Waals surface area contributed by atoms with E-state index in [0.29, 0.717) is 41.1 Å². The highest BCUT2D eigenvalue weighted by Gasteiger charge is 2.29. The third kappa shape index (κ3) is 4.84. The maximum Gasteiger partial charge on any atom is 0.227 e. The summed E-state index contributed by atoms with van der Waals surface area (Å²) in [5, 5.41) is 13.0. The Balaban J connectivity index is 1.24. The first kappa shape index (κ1) is 27.0. The van der Waals surface area contributed by atoms with E-state index in [0.717, 1.165) is 40.0 Å². The molecule has 6 aromatic rings. The van der Waals surface area contributed by atoms with Gasteiger partial charge in [-0.05, 0) is 78.1 Å². The van der Waals surface area contributed by atoms with Crippen LogP contribution in [0.25, 0.3) is 39.5 Å². The standard InChI is InChI=1S/C35H28N6O3/c36-32-28(7-4-16-37-32)33-40-30-15-14-29(22-5-2-1-3-6-22)39-34(30)41(33)25-11-13-26-23(18-25)10-12-27(26)35(44)38-19-21-8-9-24(20-42)31(43)17-21/h1-9,11,13-18,20,27,43H,10,12,19H2,(H2,36,37)(H,38,44). The van der Waals surface area contributed by atoms with E-state index in [1.54, 1.807) is 18.3 Å². The van der Waals surface area contributed by atoms with Crippen LogP contribution in [0, 0.1) is 0 Å². The number of hydrogen-bond acceptors (Lipinski definition) is 7. The van der Waals surface area contributed by atoms with Crippen LogP contribution in [-0.2, 0) is 17.8 Å². The lowest BCUT2D eigenvalue weighted by Gasteiger charge is -2.15. The van der Waals surface area contributed by atoms with Gasteiger partial charge in [0.25, 0.3) is 0 Å². The molecule has 3 aromatic heterocycles. The minimum atomic E-state index is -0.294. The maximum absolute atomic E-state index is 13.3. The van der Waals surface area contributed by atoms with Crippen LogP contribution >= 0.6 is 0 Å². The van der Waals surface area contributed by atoms with Gasteiger partial charge in [0.2, 0.25) is 5.91 Å². The van der Waals surface area contributed by atoms with Gasteiger partial charge in [-0.15, -0.1) is 0 Å². The molecule has 3 heterocycles. The lowest BCUT2D eigenvalue weighted by Crippen LogP contribution is -2.27. The fourth-order valence-corrected chi connectivity index (χ4v) is 5.89. The number of fused-ring (bicyclic) bond motifs is 2. The zero-order valence-electron chi connectivity index (χ0n) is 23.6. The number of nitrogens with one attached hydrogen (secondary N) is 1. The first-order valence-corrected chi connectivity index (χ1v) is 14.3. The number of aromatic hydroxyl groups is 1. The summed E-state index contributed by atoms with van der Waals surface area (Å²) >= 11 is 0. The van der Waals surface area contributed by atoms with Crippen molar-refractivity contribution < 1.29 is 14.7 Å². The van der Waals surface area contributed by atoms with Crippen molar-refractivity contribution in [2.75, 3.05) is 5.73 Å². The second kappa shape index (κ2) is 11.1. The highest BCUT2D eigenvalue weighted by atomic mass is 16.3. The summed E-state index contributed by atoms with van der Waals surface area (Å²) < 4.78 is 2.01. The zero-order chi connectivity index (χ0) is 30.2. The largest absolute Gasteiger partial charge is 0.507 e. The predicted octanol–water partition coefficient (Wildman–Crippen LogP) is 5.60. The molecule has 0 fully saturated rings. The van der Waals surface area contributed by atoms with Gasteiger partial charge < -0.3 is 16.2 Å². The van der Waals surface area contributed by atoms with Crippen molar-refractivity contribution in [2.24, 2.45) is 0 Å². The average molecular weight is 581 g/mol. The molecule has 0 bridgehead atoms. The van der Waals surface area contributed by atoms with E-state index < -0.39 is 0 Å². The molecule has 1 amide bonds. The highest BCUT2D eigenvalue weighted by Crippen LogP contribution is 2.37. The molecule has 4 N–H and O–H groups in total. The number of carbonyl (C=O) groups is 2. The monoisotopic (exact) mass is 580 g/mol. The zero-order valence-corrected chi connectivity index (χ0v) is 23.6. The number of phenols is 1. The van der Waals surface area contributed by atoms with Crippen molar-refractivity contribution in [1.82, 2.24) is 24.8 Å². The smallest absolute Gasteiger partial charge is 0.227 e. The van der Waals surface area contributed by atoms with E-state index in [1.807, 2.05) is 71.3 Å². The Bertz CT molecular complexity index is 2050. The summed E-state index contributed by atoms with van der Waals surface area (Å²) in [6.45, 7) is 0.252. The number of aldehydes is 1. The molecule has 1 atom stereocenters. The van der Waals surface area contributed by atoms with Crippen molar-refractivity contribution in [3.63, 3.8) is 0 Å². The number of nitrogens with two attached hydrogens (primary N) is 1. The second-order valence-electron chi connectivity index (χ2n) is 10.8. The molecule has 0 saturated carbocycles. The number of hydrogen-bond donors (Lipinski definition) is 3. The second-order valence-corrected chi connectivity index (χ2v) is 10.8. The molecule has 7 rings (SSSR count). The van der Waals surface area contributed by atoms with Gasteiger partial charge in [-0.1, -0.05) is 42.5 Å². The number of anilines is 1. The Hall–Kier alpha value is -5.83. The van der Waals surface area contributed by atoms with E-state index in [4.69, 9.17) is 15.7 Å². The summed E-state index contributed by atoms with van der Waals surface area (Å²) in [6.07, 6.45) is 3.68. The van der Waals surface area contributed by atoms with Crippen molar-refractivity contribution >= 4 is 29.2 Å². The Morgan fingerprint density at radius 2 is 1.86 bits per heavy atom. The lowest BCUT2D eigenvalue weighted by molar-refractivity contribution is -0.122. The number of aromatic nitrogens is 4. The molecule has 3 aromatic carbocycles. The van der Waals surface area contributed by atoms with Crippen molar-refractivity contribution in [1.29, 1.82) is 0 Å². The van der Waals surface area contributed by atoms with Crippen molar-refractivity contribution in [3.05, 3.63) is 119 Å². The van der Waals surface area contributed by atoms with Crippen molar-refractivity contribution in [2.45, 2.75) is 25.3 Å². The lowest BCUT2D eigenvalue weighted by atomic mass is 9.99. The molecule has 0 spiro atoms. The Morgan fingerprint density at radius 1 is 1.00 bits per heavy atom. The van der Waals surface area contributed by atoms with Gasteiger partial charge in [0, 0.05) is 24.0 Å².